The highest BCUT2D eigenvalue weighted by atomic mass is 16.1. The van der Waals surface area contributed by atoms with E-state index in [9.17, 15) is 4.79 Å². The van der Waals surface area contributed by atoms with E-state index >= 15 is 0 Å². The standard InChI is InChI=1S/C15H20O/c1-3-6-14(16)15(9-10-15)11-13-8-5-4-7-12(13)2/h4-5,7-8H,3,6,9-11H2,1-2H3. The Kier molecular flexibility index (Phi) is 3.13. The molecule has 0 amide bonds. The van der Waals surface area contributed by atoms with Crippen molar-refractivity contribution in [3.8, 4) is 0 Å². The smallest absolute Gasteiger partial charge is 0.139 e. The molecule has 1 aromatic carbocycles. The fourth-order valence-electron chi connectivity index (χ4n) is 2.37. The summed E-state index contributed by atoms with van der Waals surface area (Å²) in [6.07, 6.45) is 4.89. The predicted octanol–water partition coefficient (Wildman–Crippen LogP) is 3.69. The second kappa shape index (κ2) is 4.40. The normalized spacial score (nSPS) is 17.1. The third-order valence-corrected chi connectivity index (χ3v) is 3.71. The number of aryl methyl sites for hydroxylation is 1. The van der Waals surface area contributed by atoms with E-state index in [1.54, 1.807) is 0 Å². The highest BCUT2D eigenvalue weighted by molar-refractivity contribution is 5.87. The zero-order chi connectivity index (χ0) is 11.6. The number of hydrogen-bond acceptors (Lipinski definition) is 1. The van der Waals surface area contributed by atoms with Gasteiger partial charge in [-0.05, 0) is 43.7 Å². The number of hydrogen-bond donors (Lipinski definition) is 0. The molecule has 0 unspecified atom stereocenters. The van der Waals surface area contributed by atoms with Crippen LogP contribution in [0.1, 0.15) is 43.7 Å². The third-order valence-electron chi connectivity index (χ3n) is 3.71. The van der Waals surface area contributed by atoms with Crippen molar-refractivity contribution < 1.29 is 4.79 Å². The Balaban J connectivity index is 2.10. The first-order chi connectivity index (χ1) is 7.68. The van der Waals surface area contributed by atoms with Gasteiger partial charge in [-0.1, -0.05) is 31.2 Å². The molecule has 1 aliphatic carbocycles. The van der Waals surface area contributed by atoms with Crippen molar-refractivity contribution >= 4 is 5.78 Å². The van der Waals surface area contributed by atoms with E-state index in [-0.39, 0.29) is 5.41 Å². The number of rotatable bonds is 5. The van der Waals surface area contributed by atoms with Crippen molar-refractivity contribution in [2.75, 3.05) is 0 Å². The first kappa shape index (κ1) is 11.4. The van der Waals surface area contributed by atoms with Gasteiger partial charge in [0.25, 0.3) is 0 Å². The first-order valence-corrected chi connectivity index (χ1v) is 6.26. The zero-order valence-corrected chi connectivity index (χ0v) is 10.3. The average Bonchev–Trinajstić information content (AvgIpc) is 3.03. The summed E-state index contributed by atoms with van der Waals surface area (Å²) in [5, 5.41) is 0. The summed E-state index contributed by atoms with van der Waals surface area (Å²) in [7, 11) is 0. The molecule has 0 radical (unpaired) electrons. The molecule has 1 saturated carbocycles. The lowest BCUT2D eigenvalue weighted by atomic mass is 9.88. The van der Waals surface area contributed by atoms with Crippen LogP contribution >= 0.6 is 0 Å². The number of ketones is 1. The van der Waals surface area contributed by atoms with Gasteiger partial charge in [0, 0.05) is 11.8 Å². The molecular weight excluding hydrogens is 196 g/mol. The van der Waals surface area contributed by atoms with Crippen LogP contribution in [0.3, 0.4) is 0 Å². The largest absolute Gasteiger partial charge is 0.299 e. The van der Waals surface area contributed by atoms with Crippen LogP contribution in [0.4, 0.5) is 0 Å². The van der Waals surface area contributed by atoms with Gasteiger partial charge in [-0.2, -0.15) is 0 Å². The van der Waals surface area contributed by atoms with Crippen molar-refractivity contribution in [3.05, 3.63) is 35.4 Å². The Morgan fingerprint density at radius 1 is 1.31 bits per heavy atom. The fraction of sp³-hybridized carbons (Fsp3) is 0.533. The maximum absolute atomic E-state index is 12.0. The Morgan fingerprint density at radius 3 is 2.56 bits per heavy atom. The second-order valence-corrected chi connectivity index (χ2v) is 5.06. The summed E-state index contributed by atoms with van der Waals surface area (Å²) in [5.41, 5.74) is 2.69. The molecule has 0 aromatic heterocycles. The minimum atomic E-state index is 0.0160. The van der Waals surface area contributed by atoms with Crippen LogP contribution in [-0.4, -0.2) is 5.78 Å². The van der Waals surface area contributed by atoms with Crippen molar-refractivity contribution in [2.45, 2.75) is 46.0 Å². The van der Waals surface area contributed by atoms with E-state index in [1.807, 2.05) is 0 Å². The van der Waals surface area contributed by atoms with Crippen molar-refractivity contribution in [1.82, 2.24) is 0 Å². The molecule has 0 saturated heterocycles. The van der Waals surface area contributed by atoms with E-state index in [4.69, 9.17) is 0 Å². The third kappa shape index (κ3) is 2.18. The zero-order valence-electron chi connectivity index (χ0n) is 10.3. The molecule has 1 nitrogen and oxygen atoms in total. The minimum Gasteiger partial charge on any atom is -0.299 e. The van der Waals surface area contributed by atoms with Crippen molar-refractivity contribution in [2.24, 2.45) is 5.41 Å². The number of carbonyl (C=O) groups is 1. The van der Waals surface area contributed by atoms with Gasteiger partial charge < -0.3 is 0 Å². The average molecular weight is 216 g/mol. The van der Waals surface area contributed by atoms with Gasteiger partial charge in [-0.25, -0.2) is 0 Å². The quantitative estimate of drug-likeness (QED) is 0.733. The molecule has 16 heavy (non-hydrogen) atoms. The van der Waals surface area contributed by atoms with Crippen molar-refractivity contribution in [1.29, 1.82) is 0 Å². The van der Waals surface area contributed by atoms with Gasteiger partial charge in [0.1, 0.15) is 5.78 Å². The van der Waals surface area contributed by atoms with E-state index in [2.05, 4.69) is 38.1 Å². The molecule has 1 aromatic rings. The molecule has 1 heteroatoms. The Bertz CT molecular complexity index is 388. The number of benzene rings is 1. The molecule has 0 spiro atoms. The van der Waals surface area contributed by atoms with Gasteiger partial charge >= 0.3 is 0 Å². The van der Waals surface area contributed by atoms with Gasteiger partial charge in [0.2, 0.25) is 0 Å². The van der Waals surface area contributed by atoms with Gasteiger partial charge in [0.05, 0.1) is 0 Å². The van der Waals surface area contributed by atoms with Crippen LogP contribution in [0.15, 0.2) is 24.3 Å². The maximum Gasteiger partial charge on any atom is 0.139 e. The first-order valence-electron chi connectivity index (χ1n) is 6.26. The van der Waals surface area contributed by atoms with Crippen LogP contribution in [0.5, 0.6) is 0 Å². The lowest BCUT2D eigenvalue weighted by molar-refractivity contribution is -0.124. The topological polar surface area (TPSA) is 17.1 Å². The predicted molar refractivity (Wildman–Crippen MR) is 66.5 cm³/mol. The summed E-state index contributed by atoms with van der Waals surface area (Å²) >= 11 is 0. The summed E-state index contributed by atoms with van der Waals surface area (Å²) in [6.45, 7) is 4.22. The van der Waals surface area contributed by atoms with E-state index in [1.165, 1.54) is 11.1 Å². The summed E-state index contributed by atoms with van der Waals surface area (Å²) in [4.78, 5) is 12.0. The number of Topliss-reactive ketones (excluding diaryl/α,β-unsaturated/α-hetero) is 1. The highest BCUT2D eigenvalue weighted by Gasteiger charge is 2.48. The Labute approximate surface area is 97.9 Å². The lowest BCUT2D eigenvalue weighted by Gasteiger charge is -2.15. The maximum atomic E-state index is 12.0. The molecular formula is C15H20O. The molecule has 0 aliphatic heterocycles. The molecule has 1 aliphatic rings. The summed E-state index contributed by atoms with van der Waals surface area (Å²) < 4.78 is 0. The Hall–Kier alpha value is -1.11. The SMILES string of the molecule is CCCC(=O)C1(Cc2ccccc2C)CC1. The second-order valence-electron chi connectivity index (χ2n) is 5.06. The monoisotopic (exact) mass is 216 g/mol. The molecule has 0 bridgehead atoms. The van der Waals surface area contributed by atoms with Crippen LogP contribution < -0.4 is 0 Å². The van der Waals surface area contributed by atoms with Crippen LogP contribution in [-0.2, 0) is 11.2 Å². The lowest BCUT2D eigenvalue weighted by Crippen LogP contribution is -2.18. The molecule has 0 heterocycles. The Morgan fingerprint density at radius 2 is 2.00 bits per heavy atom. The van der Waals surface area contributed by atoms with E-state index in [0.717, 1.165) is 32.1 Å². The van der Waals surface area contributed by atoms with Crippen molar-refractivity contribution in [3.63, 3.8) is 0 Å². The van der Waals surface area contributed by atoms with Gasteiger partial charge in [-0.3, -0.25) is 4.79 Å². The van der Waals surface area contributed by atoms with Gasteiger partial charge in [-0.15, -0.1) is 0 Å². The van der Waals surface area contributed by atoms with Crippen LogP contribution in [0, 0.1) is 12.3 Å². The van der Waals surface area contributed by atoms with E-state index < -0.39 is 0 Å². The highest BCUT2D eigenvalue weighted by Crippen LogP contribution is 2.50. The molecule has 86 valence electrons. The van der Waals surface area contributed by atoms with Crippen LogP contribution in [0.2, 0.25) is 0 Å². The minimum absolute atomic E-state index is 0.0160. The molecule has 1 fully saturated rings. The molecule has 0 N–H and O–H groups in total. The van der Waals surface area contributed by atoms with Crippen LogP contribution in [0.25, 0.3) is 0 Å². The fourth-order valence-corrected chi connectivity index (χ4v) is 2.37. The van der Waals surface area contributed by atoms with E-state index in [0.29, 0.717) is 5.78 Å². The number of carbonyl (C=O) groups excluding carboxylic acids is 1. The van der Waals surface area contributed by atoms with Gasteiger partial charge in [0.15, 0.2) is 0 Å². The summed E-state index contributed by atoms with van der Waals surface area (Å²) in [5.74, 6) is 0.484. The molecule has 2 rings (SSSR count). The summed E-state index contributed by atoms with van der Waals surface area (Å²) in [6, 6.07) is 8.43. The molecule has 0 atom stereocenters.